The molecule has 0 aromatic rings. The molecule has 2 aliphatic heterocycles. The third kappa shape index (κ3) is 22.5. The maximum atomic E-state index is 12.8. The molecule has 25 nitrogen and oxygen atoms in total. The van der Waals surface area contributed by atoms with Crippen molar-refractivity contribution >= 4 is 60.8 Å². The quantitative estimate of drug-likeness (QED) is 0.0135. The minimum absolute atomic E-state index is 0.00515. The van der Waals surface area contributed by atoms with Crippen molar-refractivity contribution < 1.29 is 81.2 Å². The fourth-order valence-corrected chi connectivity index (χ4v) is 5.84. The standard InChI is InChI=1S/C35H57N8O17P/c1-36-33(50)25(21-29(46)40-24-5-12-60-35(24)52)41-30(47)23-42(2)10-8-37-27(44)6-11-56-14-16-58-18-19-59-17-15-57-13-9-38-34(51)26(43-31(48)3-4-32(43)49)22-39-28(45)7-20-61(53,54)55/h3-4,24-26H,5-23H2,1-2H3,(H,36,50)(H,37,44)(H,38,51)(H,39,45)(H,40,46)(H,41,47)(H2,53,54,55)/t24-,25-,26-/m0/s1. The molecule has 0 aromatic heterocycles. The molecule has 0 bridgehead atoms. The number of imide groups is 1. The smallest absolute Gasteiger partial charge is 0.328 e. The lowest BCUT2D eigenvalue weighted by atomic mass is 10.1. The summed E-state index contributed by atoms with van der Waals surface area (Å²) in [6.45, 7) is 1.85. The lowest BCUT2D eigenvalue weighted by Gasteiger charge is -2.25. The first kappa shape index (κ1) is 52.3. The summed E-state index contributed by atoms with van der Waals surface area (Å²) >= 11 is 0. The zero-order valence-corrected chi connectivity index (χ0v) is 35.1. The number of hydrogen-bond acceptors (Lipinski definition) is 16. The van der Waals surface area contributed by atoms with Gasteiger partial charge in [-0.1, -0.05) is 0 Å². The van der Waals surface area contributed by atoms with E-state index in [2.05, 4.69) is 31.9 Å². The number of hydrogen-bond donors (Lipinski definition) is 8. The van der Waals surface area contributed by atoms with Crippen LogP contribution in [0.5, 0.6) is 0 Å². The Hall–Kier alpha value is -4.88. The van der Waals surface area contributed by atoms with Gasteiger partial charge < -0.3 is 65.4 Å². The van der Waals surface area contributed by atoms with E-state index in [-0.39, 0.29) is 97.8 Å². The van der Waals surface area contributed by atoms with E-state index in [0.717, 1.165) is 12.2 Å². The van der Waals surface area contributed by atoms with Crippen molar-refractivity contribution in [3.05, 3.63) is 12.2 Å². The Labute approximate surface area is 351 Å². The molecule has 0 saturated carbocycles. The molecule has 0 spiro atoms. The number of rotatable bonds is 32. The fourth-order valence-electron chi connectivity index (χ4n) is 5.34. The van der Waals surface area contributed by atoms with Gasteiger partial charge in [0.2, 0.25) is 35.4 Å². The molecule has 8 N–H and O–H groups in total. The highest BCUT2D eigenvalue weighted by atomic mass is 31.2. The van der Waals surface area contributed by atoms with E-state index >= 15 is 0 Å². The second-order valence-corrected chi connectivity index (χ2v) is 15.2. The van der Waals surface area contributed by atoms with E-state index in [4.69, 9.17) is 33.5 Å². The zero-order valence-electron chi connectivity index (χ0n) is 34.2. The third-order valence-electron chi connectivity index (χ3n) is 8.50. The van der Waals surface area contributed by atoms with Gasteiger partial charge in [-0.2, -0.15) is 0 Å². The van der Waals surface area contributed by atoms with E-state index < -0.39 is 92.2 Å². The lowest BCUT2D eigenvalue weighted by molar-refractivity contribution is -0.145. The topological polar surface area (TPSA) is 336 Å². The van der Waals surface area contributed by atoms with Gasteiger partial charge in [0.25, 0.3) is 11.8 Å². The maximum Gasteiger partial charge on any atom is 0.328 e. The van der Waals surface area contributed by atoms with Gasteiger partial charge in [0, 0.05) is 64.6 Å². The Morgan fingerprint density at radius 3 is 1.97 bits per heavy atom. The molecule has 0 unspecified atom stereocenters. The van der Waals surface area contributed by atoms with Crippen LogP contribution in [0, 0.1) is 0 Å². The predicted molar refractivity (Wildman–Crippen MR) is 209 cm³/mol. The first-order valence-corrected chi connectivity index (χ1v) is 21.2. The Kier molecular flexibility index (Phi) is 24.5. The van der Waals surface area contributed by atoms with E-state index in [9.17, 15) is 47.7 Å². The summed E-state index contributed by atoms with van der Waals surface area (Å²) in [6.07, 6.45) is 0.796. The van der Waals surface area contributed by atoms with E-state index in [0.29, 0.717) is 17.9 Å². The number of likely N-dealkylation sites (N-methyl/N-ethyl adjacent to an activating group) is 2. The summed E-state index contributed by atoms with van der Waals surface area (Å²) in [5, 5.41) is 15.0. The molecule has 1 fully saturated rings. The van der Waals surface area contributed by atoms with Crippen LogP contribution in [0.2, 0.25) is 0 Å². The van der Waals surface area contributed by atoms with Crippen LogP contribution in [0.15, 0.2) is 12.2 Å². The van der Waals surface area contributed by atoms with E-state index in [1.807, 2.05) is 0 Å². The number of cyclic esters (lactones) is 1. The first-order chi connectivity index (χ1) is 29.0. The molecule has 2 rings (SSSR count). The molecule has 1 saturated heterocycles. The van der Waals surface area contributed by atoms with Crippen LogP contribution in [-0.2, 0) is 71.4 Å². The van der Waals surface area contributed by atoms with Gasteiger partial charge in [0.1, 0.15) is 18.1 Å². The van der Waals surface area contributed by atoms with Crippen molar-refractivity contribution in [2.24, 2.45) is 0 Å². The zero-order chi connectivity index (χ0) is 45.2. The highest BCUT2D eigenvalue weighted by molar-refractivity contribution is 7.51. The van der Waals surface area contributed by atoms with Crippen molar-refractivity contribution in [2.75, 3.05) is 112 Å². The summed E-state index contributed by atoms with van der Waals surface area (Å²) in [6, 6.07) is -3.34. The van der Waals surface area contributed by atoms with Crippen LogP contribution in [0.25, 0.3) is 0 Å². The normalized spacial score (nSPS) is 15.9. The Balaban J connectivity index is 1.46. The summed E-state index contributed by atoms with van der Waals surface area (Å²) in [7, 11) is -1.41. The van der Waals surface area contributed by atoms with Gasteiger partial charge in [-0.25, -0.2) is 4.79 Å². The lowest BCUT2D eigenvalue weighted by Crippen LogP contribution is -2.55. The average molecular weight is 893 g/mol. The summed E-state index contributed by atoms with van der Waals surface area (Å²) in [5.41, 5.74) is 0. The number of carbonyl (C=O) groups excluding carboxylic acids is 9. The molecule has 0 aliphatic carbocycles. The number of esters is 1. The van der Waals surface area contributed by atoms with Crippen LogP contribution in [0.4, 0.5) is 0 Å². The average Bonchev–Trinajstić information content (AvgIpc) is 3.76. The van der Waals surface area contributed by atoms with Crippen molar-refractivity contribution in [2.45, 2.75) is 43.8 Å². The molecular weight excluding hydrogens is 835 g/mol. The van der Waals surface area contributed by atoms with Crippen LogP contribution < -0.4 is 31.9 Å². The maximum absolute atomic E-state index is 12.8. The van der Waals surface area contributed by atoms with Crippen LogP contribution >= 0.6 is 7.60 Å². The van der Waals surface area contributed by atoms with Crippen LogP contribution in [0.1, 0.15) is 25.7 Å². The molecule has 0 radical (unpaired) electrons. The fraction of sp³-hybridized carbons (Fsp3) is 0.686. The summed E-state index contributed by atoms with van der Waals surface area (Å²) < 4.78 is 37.4. The molecule has 61 heavy (non-hydrogen) atoms. The highest BCUT2D eigenvalue weighted by Crippen LogP contribution is 2.34. The van der Waals surface area contributed by atoms with Crippen molar-refractivity contribution in [1.29, 1.82) is 0 Å². The van der Waals surface area contributed by atoms with Crippen molar-refractivity contribution in [3.8, 4) is 0 Å². The Morgan fingerprint density at radius 2 is 1.39 bits per heavy atom. The largest absolute Gasteiger partial charge is 0.464 e. The second-order valence-electron chi connectivity index (χ2n) is 13.4. The minimum Gasteiger partial charge on any atom is -0.464 e. The van der Waals surface area contributed by atoms with Crippen molar-refractivity contribution in [1.82, 2.24) is 41.7 Å². The first-order valence-electron chi connectivity index (χ1n) is 19.4. The minimum atomic E-state index is -4.42. The molecule has 0 aromatic carbocycles. The van der Waals surface area contributed by atoms with Gasteiger partial charge >= 0.3 is 13.6 Å². The Morgan fingerprint density at radius 1 is 0.803 bits per heavy atom. The van der Waals surface area contributed by atoms with Crippen LogP contribution in [-0.4, -0.2) is 203 Å². The number of nitrogens with zero attached hydrogens (tertiary/aromatic N) is 2. The van der Waals surface area contributed by atoms with Gasteiger partial charge in [-0.15, -0.1) is 0 Å². The van der Waals surface area contributed by atoms with Gasteiger partial charge in [0.05, 0.1) is 78.6 Å². The summed E-state index contributed by atoms with van der Waals surface area (Å²) in [5.74, 6) is -5.52. The summed E-state index contributed by atoms with van der Waals surface area (Å²) in [4.78, 5) is 130. The van der Waals surface area contributed by atoms with E-state index in [1.165, 1.54) is 7.05 Å². The van der Waals surface area contributed by atoms with Gasteiger partial charge in [-0.05, 0) is 7.05 Å². The second kappa shape index (κ2) is 28.6. The molecule has 344 valence electrons. The molecule has 8 amide bonds. The van der Waals surface area contributed by atoms with Crippen molar-refractivity contribution in [3.63, 3.8) is 0 Å². The predicted octanol–water partition coefficient (Wildman–Crippen LogP) is -5.36. The molecule has 3 atom stereocenters. The molecular formula is C35H57N8O17P. The third-order valence-corrected chi connectivity index (χ3v) is 9.31. The number of nitrogens with one attached hydrogen (secondary N) is 6. The number of amides is 8. The SMILES string of the molecule is CNC(=O)[C@H](CC(=O)N[C@H]1CCOC1=O)NC(=O)CN(C)CCNC(=O)CCOCCOCCOCCOCCNC(=O)[C@H](CNC(=O)CCP(=O)(O)O)N1C(=O)C=CC1=O. The van der Waals surface area contributed by atoms with Gasteiger partial charge in [-0.3, -0.25) is 52.7 Å². The molecule has 2 aliphatic rings. The number of ether oxygens (including phenoxy) is 5. The molecule has 26 heteroatoms. The number of carbonyl (C=O) groups is 9. The van der Waals surface area contributed by atoms with E-state index in [1.54, 1.807) is 11.9 Å². The monoisotopic (exact) mass is 892 g/mol. The molecule has 2 heterocycles. The van der Waals surface area contributed by atoms with Gasteiger partial charge in [0.15, 0.2) is 0 Å². The Bertz CT molecular complexity index is 1580. The highest BCUT2D eigenvalue weighted by Gasteiger charge is 2.36. The van der Waals surface area contributed by atoms with Crippen LogP contribution in [0.3, 0.4) is 0 Å².